The third-order valence-electron chi connectivity index (χ3n) is 3.13. The van der Waals surface area contributed by atoms with Gasteiger partial charge in [0.1, 0.15) is 5.75 Å². The van der Waals surface area contributed by atoms with Crippen molar-refractivity contribution in [2.24, 2.45) is 0 Å². The van der Waals surface area contributed by atoms with E-state index in [2.05, 4.69) is 17.2 Å². The Bertz CT molecular complexity index is 511. The second-order valence-electron chi connectivity index (χ2n) is 4.47. The predicted molar refractivity (Wildman–Crippen MR) is 72.3 cm³/mol. The second kappa shape index (κ2) is 5.65. The molecule has 0 amide bonds. The normalized spacial score (nSPS) is 12.3. The smallest absolute Gasteiger partial charge is 0.122 e. The minimum Gasteiger partial charge on any atom is -0.507 e. The van der Waals surface area contributed by atoms with E-state index in [-0.39, 0.29) is 6.04 Å². The lowest BCUT2D eigenvalue weighted by Crippen LogP contribution is -2.18. The van der Waals surface area contributed by atoms with Crippen LogP contribution in [-0.2, 0) is 6.54 Å². The molecule has 18 heavy (non-hydrogen) atoms. The lowest BCUT2D eigenvalue weighted by molar-refractivity contribution is 0.456. The Kier molecular flexibility index (Phi) is 3.95. The number of nitrogens with one attached hydrogen (secondary N) is 1. The quantitative estimate of drug-likeness (QED) is 0.866. The zero-order valence-electron chi connectivity index (χ0n) is 10.7. The molecule has 2 N–H and O–H groups in total. The molecule has 0 fully saturated rings. The van der Waals surface area contributed by atoms with Crippen molar-refractivity contribution in [3.8, 4) is 5.75 Å². The van der Waals surface area contributed by atoms with Crippen molar-refractivity contribution in [3.05, 3.63) is 59.4 Å². The Labute approximate surface area is 108 Å². The van der Waals surface area contributed by atoms with Crippen molar-refractivity contribution in [1.82, 2.24) is 10.3 Å². The number of para-hydroxylation sites is 1. The molecule has 0 bridgehead atoms. The van der Waals surface area contributed by atoms with Crippen molar-refractivity contribution >= 4 is 0 Å². The summed E-state index contributed by atoms with van der Waals surface area (Å²) in [5, 5.41) is 13.3. The average Bonchev–Trinajstić information content (AvgIpc) is 2.41. The maximum absolute atomic E-state index is 9.93. The van der Waals surface area contributed by atoms with Crippen LogP contribution in [0, 0.1) is 6.92 Å². The van der Waals surface area contributed by atoms with Crippen molar-refractivity contribution < 1.29 is 5.11 Å². The van der Waals surface area contributed by atoms with E-state index in [1.54, 1.807) is 12.4 Å². The summed E-state index contributed by atoms with van der Waals surface area (Å²) < 4.78 is 0. The molecule has 0 aliphatic rings. The van der Waals surface area contributed by atoms with Gasteiger partial charge in [0, 0.05) is 30.5 Å². The zero-order chi connectivity index (χ0) is 13.0. The first-order valence-electron chi connectivity index (χ1n) is 6.09. The van der Waals surface area contributed by atoms with Gasteiger partial charge in [0.05, 0.1) is 0 Å². The van der Waals surface area contributed by atoms with Crippen LogP contribution in [0.1, 0.15) is 29.7 Å². The lowest BCUT2D eigenvalue weighted by Gasteiger charge is -2.15. The number of benzene rings is 1. The summed E-state index contributed by atoms with van der Waals surface area (Å²) in [4.78, 5) is 4.00. The molecule has 0 aliphatic heterocycles. The summed E-state index contributed by atoms with van der Waals surface area (Å²) in [5.74, 6) is 0.381. The molecule has 1 aromatic heterocycles. The number of nitrogens with zero attached hydrogens (tertiary/aromatic N) is 1. The molecule has 94 valence electrons. The van der Waals surface area contributed by atoms with Gasteiger partial charge in [-0.1, -0.05) is 18.2 Å². The first-order valence-corrected chi connectivity index (χ1v) is 6.09. The van der Waals surface area contributed by atoms with Gasteiger partial charge in [0.2, 0.25) is 0 Å². The van der Waals surface area contributed by atoms with Gasteiger partial charge in [-0.2, -0.15) is 0 Å². The summed E-state index contributed by atoms with van der Waals surface area (Å²) in [6, 6.07) is 10.0. The fourth-order valence-corrected chi connectivity index (χ4v) is 1.90. The highest BCUT2D eigenvalue weighted by Crippen LogP contribution is 2.22. The number of phenolic OH excluding ortho intramolecular Hbond substituents is 1. The third kappa shape index (κ3) is 2.87. The molecular weight excluding hydrogens is 224 g/mol. The molecule has 2 rings (SSSR count). The molecule has 1 aromatic carbocycles. The maximum Gasteiger partial charge on any atom is 0.122 e. The largest absolute Gasteiger partial charge is 0.507 e. The highest BCUT2D eigenvalue weighted by atomic mass is 16.3. The Morgan fingerprint density at radius 2 is 1.94 bits per heavy atom. The Hall–Kier alpha value is -1.87. The number of aryl methyl sites for hydroxylation is 1. The number of aromatic hydroxyl groups is 1. The SMILES string of the molecule is Cc1cccc(CN[C@H](C)c2ccncc2)c1O. The van der Waals surface area contributed by atoms with Crippen molar-refractivity contribution in [2.75, 3.05) is 0 Å². The first-order chi connectivity index (χ1) is 8.68. The molecule has 0 saturated heterocycles. The third-order valence-corrected chi connectivity index (χ3v) is 3.13. The topological polar surface area (TPSA) is 45.2 Å². The standard InChI is InChI=1S/C15H18N2O/c1-11-4-3-5-14(15(11)18)10-17-12(2)13-6-8-16-9-7-13/h3-9,12,17-18H,10H2,1-2H3/t12-/m1/s1. The van der Waals surface area contributed by atoms with E-state index in [0.717, 1.165) is 11.1 Å². The fourth-order valence-electron chi connectivity index (χ4n) is 1.90. The number of hydrogen-bond acceptors (Lipinski definition) is 3. The molecule has 0 unspecified atom stereocenters. The number of pyridine rings is 1. The molecule has 0 spiro atoms. The van der Waals surface area contributed by atoms with Gasteiger partial charge in [-0.25, -0.2) is 0 Å². The number of phenols is 1. The molecule has 1 atom stereocenters. The second-order valence-corrected chi connectivity index (χ2v) is 4.47. The van der Waals surface area contributed by atoms with Crippen LogP contribution in [-0.4, -0.2) is 10.1 Å². The van der Waals surface area contributed by atoms with E-state index in [9.17, 15) is 5.11 Å². The summed E-state index contributed by atoms with van der Waals surface area (Å²) >= 11 is 0. The first kappa shape index (κ1) is 12.6. The molecule has 0 aliphatic carbocycles. The van der Waals surface area contributed by atoms with E-state index in [1.165, 1.54) is 5.56 Å². The van der Waals surface area contributed by atoms with Gasteiger partial charge in [0.15, 0.2) is 0 Å². The Morgan fingerprint density at radius 3 is 2.67 bits per heavy atom. The van der Waals surface area contributed by atoms with Gasteiger partial charge in [-0.05, 0) is 37.1 Å². The molecular formula is C15H18N2O. The van der Waals surface area contributed by atoms with Gasteiger partial charge in [-0.15, -0.1) is 0 Å². The number of hydrogen-bond donors (Lipinski definition) is 2. The lowest BCUT2D eigenvalue weighted by atomic mass is 10.1. The average molecular weight is 242 g/mol. The van der Waals surface area contributed by atoms with Crippen LogP contribution in [0.4, 0.5) is 0 Å². The minimum atomic E-state index is 0.230. The molecule has 2 aromatic rings. The zero-order valence-corrected chi connectivity index (χ0v) is 10.7. The summed E-state index contributed by atoms with van der Waals surface area (Å²) in [6.07, 6.45) is 3.58. The molecule has 0 saturated carbocycles. The van der Waals surface area contributed by atoms with Crippen LogP contribution in [0.25, 0.3) is 0 Å². The van der Waals surface area contributed by atoms with E-state index in [1.807, 2.05) is 37.3 Å². The Balaban J connectivity index is 2.02. The molecule has 1 heterocycles. The van der Waals surface area contributed by atoms with E-state index in [0.29, 0.717) is 12.3 Å². The van der Waals surface area contributed by atoms with Gasteiger partial charge in [-0.3, -0.25) is 4.98 Å². The van der Waals surface area contributed by atoms with Crippen molar-refractivity contribution in [1.29, 1.82) is 0 Å². The summed E-state index contributed by atoms with van der Waals surface area (Å²) in [6.45, 7) is 4.66. The van der Waals surface area contributed by atoms with Crippen LogP contribution < -0.4 is 5.32 Å². The van der Waals surface area contributed by atoms with Crippen LogP contribution in [0.15, 0.2) is 42.7 Å². The van der Waals surface area contributed by atoms with E-state index in [4.69, 9.17) is 0 Å². The van der Waals surface area contributed by atoms with Crippen LogP contribution in [0.2, 0.25) is 0 Å². The molecule has 3 nitrogen and oxygen atoms in total. The number of rotatable bonds is 4. The summed E-state index contributed by atoms with van der Waals surface area (Å²) in [7, 11) is 0. The maximum atomic E-state index is 9.93. The van der Waals surface area contributed by atoms with Gasteiger partial charge in [0.25, 0.3) is 0 Å². The van der Waals surface area contributed by atoms with E-state index < -0.39 is 0 Å². The Morgan fingerprint density at radius 1 is 1.22 bits per heavy atom. The molecule has 3 heteroatoms. The minimum absolute atomic E-state index is 0.230. The van der Waals surface area contributed by atoms with Gasteiger partial charge < -0.3 is 10.4 Å². The van der Waals surface area contributed by atoms with Crippen LogP contribution >= 0.6 is 0 Å². The van der Waals surface area contributed by atoms with Crippen molar-refractivity contribution in [2.45, 2.75) is 26.4 Å². The fraction of sp³-hybridized carbons (Fsp3) is 0.267. The summed E-state index contributed by atoms with van der Waals surface area (Å²) in [5.41, 5.74) is 3.03. The number of aromatic nitrogens is 1. The van der Waals surface area contributed by atoms with Gasteiger partial charge >= 0.3 is 0 Å². The monoisotopic (exact) mass is 242 g/mol. The van der Waals surface area contributed by atoms with Crippen LogP contribution in [0.3, 0.4) is 0 Å². The van der Waals surface area contributed by atoms with Crippen LogP contribution in [0.5, 0.6) is 5.75 Å². The van der Waals surface area contributed by atoms with E-state index >= 15 is 0 Å². The highest BCUT2D eigenvalue weighted by Gasteiger charge is 2.07. The highest BCUT2D eigenvalue weighted by molar-refractivity contribution is 5.39. The molecule has 0 radical (unpaired) electrons. The predicted octanol–water partition coefficient (Wildman–Crippen LogP) is 2.95. The van der Waals surface area contributed by atoms with Crippen molar-refractivity contribution in [3.63, 3.8) is 0 Å².